The monoisotopic (exact) mass is 298 g/mol. The van der Waals surface area contributed by atoms with Gasteiger partial charge < -0.3 is 0 Å². The molecule has 1 aromatic carbocycles. The highest BCUT2D eigenvalue weighted by molar-refractivity contribution is 6.05. The second kappa shape index (κ2) is 5.04. The lowest BCUT2D eigenvalue weighted by Crippen LogP contribution is -2.32. The third-order valence-corrected chi connectivity index (χ3v) is 4.95. The van der Waals surface area contributed by atoms with Crippen LogP contribution in [0.5, 0.6) is 0 Å². The van der Waals surface area contributed by atoms with Gasteiger partial charge in [0.05, 0.1) is 10.9 Å². The fourth-order valence-corrected chi connectivity index (χ4v) is 3.71. The average molecular weight is 298 g/mol. The normalized spacial score (nSPS) is 17.1. The van der Waals surface area contributed by atoms with E-state index >= 15 is 0 Å². The largest absolute Gasteiger partial charge is 0.299 e. The maximum absolute atomic E-state index is 12.8. The van der Waals surface area contributed by atoms with Crippen molar-refractivity contribution in [2.75, 3.05) is 0 Å². The number of hydrogen-bond donors (Lipinski definition) is 0. The fraction of sp³-hybridized carbons (Fsp3) is 0.500. The smallest absolute Gasteiger partial charge is 0.261 e. The van der Waals surface area contributed by atoms with Gasteiger partial charge in [0, 0.05) is 18.0 Å². The van der Waals surface area contributed by atoms with Crippen molar-refractivity contribution in [1.82, 2.24) is 9.55 Å². The summed E-state index contributed by atoms with van der Waals surface area (Å²) in [6.07, 6.45) is 4.41. The molecule has 0 atom stereocenters. The predicted molar refractivity (Wildman–Crippen MR) is 87.5 cm³/mol. The van der Waals surface area contributed by atoms with Gasteiger partial charge in [-0.3, -0.25) is 14.2 Å². The Kier molecular flexibility index (Phi) is 3.42. The zero-order chi connectivity index (χ0) is 16.1. The lowest BCUT2D eigenvalue weighted by molar-refractivity contribution is 0.101. The number of aryl methyl sites for hydroxylation is 1. The summed E-state index contributed by atoms with van der Waals surface area (Å²) >= 11 is 0. The highest BCUT2D eigenvalue weighted by Crippen LogP contribution is 2.39. The van der Waals surface area contributed by atoms with E-state index in [9.17, 15) is 9.59 Å². The molecule has 1 aromatic heterocycles. The standard InChI is InChI=1S/C18H22N2O2/c1-11-9-13(12(2)21)15-14(10-11)16(22)20(4)17(19-15)18(3)7-5-6-8-18/h9-10H,5-8H2,1-4H3. The molecule has 116 valence electrons. The van der Waals surface area contributed by atoms with Crippen molar-refractivity contribution < 1.29 is 4.79 Å². The van der Waals surface area contributed by atoms with Crippen LogP contribution in [0.1, 0.15) is 61.3 Å². The summed E-state index contributed by atoms with van der Waals surface area (Å²) in [5.74, 6) is 0.769. The maximum atomic E-state index is 12.8. The Morgan fingerprint density at radius 1 is 1.27 bits per heavy atom. The molecule has 1 aliphatic carbocycles. The Morgan fingerprint density at radius 3 is 2.50 bits per heavy atom. The van der Waals surface area contributed by atoms with Gasteiger partial charge in [0.2, 0.25) is 0 Å². The highest BCUT2D eigenvalue weighted by atomic mass is 16.1. The van der Waals surface area contributed by atoms with E-state index in [1.54, 1.807) is 11.6 Å². The SMILES string of the molecule is CC(=O)c1cc(C)cc2c(=O)n(C)c(C3(C)CCCC3)nc12. The van der Waals surface area contributed by atoms with Crippen molar-refractivity contribution in [1.29, 1.82) is 0 Å². The van der Waals surface area contributed by atoms with Crippen LogP contribution in [0.3, 0.4) is 0 Å². The fourth-order valence-electron chi connectivity index (χ4n) is 3.71. The molecule has 4 heteroatoms. The minimum absolute atomic E-state index is 0.0445. The van der Waals surface area contributed by atoms with E-state index in [4.69, 9.17) is 4.98 Å². The van der Waals surface area contributed by atoms with Crippen LogP contribution in [0.2, 0.25) is 0 Å². The summed E-state index contributed by atoms with van der Waals surface area (Å²) in [6, 6.07) is 3.66. The van der Waals surface area contributed by atoms with E-state index < -0.39 is 0 Å². The topological polar surface area (TPSA) is 52.0 Å². The van der Waals surface area contributed by atoms with Gasteiger partial charge in [-0.25, -0.2) is 4.98 Å². The second-order valence-electron chi connectivity index (χ2n) is 6.83. The van der Waals surface area contributed by atoms with E-state index in [2.05, 4.69) is 6.92 Å². The number of benzene rings is 1. The number of ketones is 1. The first-order chi connectivity index (χ1) is 10.3. The van der Waals surface area contributed by atoms with Crippen LogP contribution >= 0.6 is 0 Å². The predicted octanol–water partition coefficient (Wildman–Crippen LogP) is 3.28. The van der Waals surface area contributed by atoms with Crippen LogP contribution in [-0.2, 0) is 12.5 Å². The summed E-state index contributed by atoms with van der Waals surface area (Å²) in [5.41, 5.74) is 1.90. The number of fused-ring (bicyclic) bond motifs is 1. The van der Waals surface area contributed by atoms with Crippen LogP contribution in [0, 0.1) is 6.92 Å². The molecule has 0 amide bonds. The summed E-state index contributed by atoms with van der Waals surface area (Å²) in [6.45, 7) is 5.61. The third kappa shape index (κ3) is 2.18. The van der Waals surface area contributed by atoms with E-state index in [0.717, 1.165) is 37.1 Å². The summed E-state index contributed by atoms with van der Waals surface area (Å²) in [4.78, 5) is 29.6. The zero-order valence-electron chi connectivity index (χ0n) is 13.7. The van der Waals surface area contributed by atoms with Gasteiger partial charge in [-0.15, -0.1) is 0 Å². The number of Topliss-reactive ketones (excluding diaryl/α,β-unsaturated/α-hetero) is 1. The Hall–Kier alpha value is -1.97. The number of rotatable bonds is 2. The Labute approximate surface area is 130 Å². The first-order valence-corrected chi connectivity index (χ1v) is 7.86. The molecule has 0 saturated heterocycles. The molecule has 0 bridgehead atoms. The highest BCUT2D eigenvalue weighted by Gasteiger charge is 2.35. The summed E-state index contributed by atoms with van der Waals surface area (Å²) in [5, 5.41) is 0.540. The molecule has 0 radical (unpaired) electrons. The van der Waals surface area contributed by atoms with Crippen LogP contribution < -0.4 is 5.56 Å². The first-order valence-electron chi connectivity index (χ1n) is 7.86. The molecule has 0 aliphatic heterocycles. The molecular formula is C18H22N2O2. The quantitative estimate of drug-likeness (QED) is 0.800. The molecule has 1 fully saturated rings. The summed E-state index contributed by atoms with van der Waals surface area (Å²) in [7, 11) is 1.80. The van der Waals surface area contributed by atoms with Gasteiger partial charge in [-0.1, -0.05) is 19.8 Å². The first kappa shape index (κ1) is 14.9. The molecule has 1 saturated carbocycles. The maximum Gasteiger partial charge on any atom is 0.261 e. The van der Waals surface area contributed by atoms with E-state index in [1.165, 1.54) is 6.92 Å². The van der Waals surface area contributed by atoms with Crippen molar-refractivity contribution in [3.8, 4) is 0 Å². The van der Waals surface area contributed by atoms with Gasteiger partial charge in [-0.2, -0.15) is 0 Å². The number of aromatic nitrogens is 2. The van der Waals surface area contributed by atoms with Crippen molar-refractivity contribution in [2.45, 2.75) is 51.9 Å². The minimum Gasteiger partial charge on any atom is -0.299 e. The van der Waals surface area contributed by atoms with Crippen molar-refractivity contribution >= 4 is 16.7 Å². The number of hydrogen-bond acceptors (Lipinski definition) is 3. The lowest BCUT2D eigenvalue weighted by Gasteiger charge is -2.25. The van der Waals surface area contributed by atoms with Crippen LogP contribution in [0.25, 0.3) is 10.9 Å². The van der Waals surface area contributed by atoms with Crippen molar-refractivity contribution in [3.05, 3.63) is 39.4 Å². The molecule has 2 aromatic rings. The van der Waals surface area contributed by atoms with E-state index in [1.807, 2.05) is 19.1 Å². The molecule has 4 nitrogen and oxygen atoms in total. The molecule has 0 N–H and O–H groups in total. The Bertz CT molecular complexity index is 827. The van der Waals surface area contributed by atoms with Crippen LogP contribution in [0.4, 0.5) is 0 Å². The van der Waals surface area contributed by atoms with Gasteiger partial charge >= 0.3 is 0 Å². The average Bonchev–Trinajstić information content (AvgIpc) is 2.90. The third-order valence-electron chi connectivity index (χ3n) is 4.95. The van der Waals surface area contributed by atoms with Crippen LogP contribution in [-0.4, -0.2) is 15.3 Å². The molecule has 0 spiro atoms. The molecule has 3 rings (SSSR count). The molecule has 0 unspecified atom stereocenters. The molecule has 1 heterocycles. The van der Waals surface area contributed by atoms with Crippen LogP contribution in [0.15, 0.2) is 16.9 Å². The molecule has 22 heavy (non-hydrogen) atoms. The van der Waals surface area contributed by atoms with Gasteiger partial charge in [-0.05, 0) is 44.4 Å². The minimum atomic E-state index is -0.0684. The summed E-state index contributed by atoms with van der Waals surface area (Å²) < 4.78 is 1.68. The Morgan fingerprint density at radius 2 is 1.91 bits per heavy atom. The zero-order valence-corrected chi connectivity index (χ0v) is 13.7. The Balaban J connectivity index is 2.40. The lowest BCUT2D eigenvalue weighted by atomic mass is 9.87. The second-order valence-corrected chi connectivity index (χ2v) is 6.83. The van der Waals surface area contributed by atoms with E-state index in [0.29, 0.717) is 16.5 Å². The van der Waals surface area contributed by atoms with E-state index in [-0.39, 0.29) is 16.8 Å². The molecular weight excluding hydrogens is 276 g/mol. The van der Waals surface area contributed by atoms with Gasteiger partial charge in [0.25, 0.3) is 5.56 Å². The van der Waals surface area contributed by atoms with Gasteiger partial charge in [0.15, 0.2) is 5.78 Å². The number of carbonyl (C=O) groups is 1. The number of nitrogens with zero attached hydrogens (tertiary/aromatic N) is 2. The van der Waals surface area contributed by atoms with Gasteiger partial charge in [0.1, 0.15) is 5.82 Å². The molecule has 1 aliphatic rings. The van der Waals surface area contributed by atoms with Crippen molar-refractivity contribution in [2.24, 2.45) is 7.05 Å². The van der Waals surface area contributed by atoms with Crippen molar-refractivity contribution in [3.63, 3.8) is 0 Å². The number of carbonyl (C=O) groups excluding carboxylic acids is 1.